The predicted molar refractivity (Wildman–Crippen MR) is 77.1 cm³/mol. The van der Waals surface area contributed by atoms with E-state index in [1.54, 1.807) is 0 Å². The standard InChI is InChI=1S/C16H20N2O/c1-12-9-16(19,11-18(12)2)10-14-8-7-13-5-3-4-6-15(13)17-14/h3-8,12,19H,9-11H2,1-2H3. The Hall–Kier alpha value is -1.45. The first-order valence-corrected chi connectivity index (χ1v) is 6.83. The molecule has 3 heteroatoms. The van der Waals surface area contributed by atoms with Gasteiger partial charge in [0, 0.05) is 30.1 Å². The molecule has 1 fully saturated rings. The van der Waals surface area contributed by atoms with Crippen molar-refractivity contribution in [1.82, 2.24) is 9.88 Å². The average Bonchev–Trinajstić information content (AvgIpc) is 2.62. The predicted octanol–water partition coefficient (Wildman–Crippen LogP) is 2.23. The maximum atomic E-state index is 10.7. The number of para-hydroxylation sites is 1. The molecule has 1 aliphatic rings. The fraction of sp³-hybridized carbons (Fsp3) is 0.438. The molecule has 1 aromatic heterocycles. The van der Waals surface area contributed by atoms with E-state index in [4.69, 9.17) is 0 Å². The van der Waals surface area contributed by atoms with Gasteiger partial charge in [-0.2, -0.15) is 0 Å². The van der Waals surface area contributed by atoms with Crippen molar-refractivity contribution in [3.63, 3.8) is 0 Å². The summed E-state index contributed by atoms with van der Waals surface area (Å²) in [7, 11) is 2.07. The zero-order chi connectivity index (χ0) is 13.5. The fourth-order valence-corrected chi connectivity index (χ4v) is 3.06. The number of pyridine rings is 1. The zero-order valence-corrected chi connectivity index (χ0v) is 11.5. The Balaban J connectivity index is 1.85. The van der Waals surface area contributed by atoms with Crippen LogP contribution in [0.3, 0.4) is 0 Å². The quantitative estimate of drug-likeness (QED) is 0.895. The van der Waals surface area contributed by atoms with Crippen molar-refractivity contribution in [1.29, 1.82) is 0 Å². The molecule has 100 valence electrons. The van der Waals surface area contributed by atoms with Gasteiger partial charge in [-0.05, 0) is 32.5 Å². The van der Waals surface area contributed by atoms with Gasteiger partial charge in [-0.15, -0.1) is 0 Å². The lowest BCUT2D eigenvalue weighted by molar-refractivity contribution is 0.0512. The van der Waals surface area contributed by atoms with Crippen molar-refractivity contribution in [2.24, 2.45) is 0 Å². The second-order valence-electron chi connectivity index (χ2n) is 5.86. The van der Waals surface area contributed by atoms with E-state index in [2.05, 4.69) is 36.0 Å². The second-order valence-corrected chi connectivity index (χ2v) is 5.86. The molecule has 0 radical (unpaired) electrons. The number of fused-ring (bicyclic) bond motifs is 1. The van der Waals surface area contributed by atoms with Crippen LogP contribution in [0.15, 0.2) is 36.4 Å². The van der Waals surface area contributed by atoms with Crippen LogP contribution >= 0.6 is 0 Å². The first-order chi connectivity index (χ1) is 9.06. The summed E-state index contributed by atoms with van der Waals surface area (Å²) in [5, 5.41) is 11.8. The Bertz CT molecular complexity index is 586. The minimum absolute atomic E-state index is 0.436. The molecule has 0 bridgehead atoms. The number of hydrogen-bond acceptors (Lipinski definition) is 3. The molecule has 2 heterocycles. The van der Waals surface area contributed by atoms with Crippen LogP contribution in [0.1, 0.15) is 19.0 Å². The number of hydrogen-bond donors (Lipinski definition) is 1. The lowest BCUT2D eigenvalue weighted by Gasteiger charge is -2.21. The number of likely N-dealkylation sites (tertiary alicyclic amines) is 1. The topological polar surface area (TPSA) is 36.4 Å². The van der Waals surface area contributed by atoms with E-state index in [-0.39, 0.29) is 0 Å². The molecule has 0 spiro atoms. The van der Waals surface area contributed by atoms with E-state index >= 15 is 0 Å². The highest BCUT2D eigenvalue weighted by atomic mass is 16.3. The van der Waals surface area contributed by atoms with Gasteiger partial charge in [-0.25, -0.2) is 0 Å². The van der Waals surface area contributed by atoms with Crippen molar-refractivity contribution in [2.75, 3.05) is 13.6 Å². The third kappa shape index (κ3) is 2.48. The van der Waals surface area contributed by atoms with E-state index in [1.165, 1.54) is 0 Å². The number of rotatable bonds is 2. The fourth-order valence-electron chi connectivity index (χ4n) is 3.06. The molecular formula is C16H20N2O. The summed E-state index contributed by atoms with van der Waals surface area (Å²) in [5.74, 6) is 0. The Morgan fingerprint density at radius 2 is 2.11 bits per heavy atom. The third-order valence-electron chi connectivity index (χ3n) is 4.14. The van der Waals surface area contributed by atoms with Crippen LogP contribution in [0.4, 0.5) is 0 Å². The van der Waals surface area contributed by atoms with Crippen LogP contribution in [0.2, 0.25) is 0 Å². The van der Waals surface area contributed by atoms with Crippen molar-refractivity contribution >= 4 is 10.9 Å². The smallest absolute Gasteiger partial charge is 0.0844 e. The van der Waals surface area contributed by atoms with Gasteiger partial charge in [-0.1, -0.05) is 24.3 Å². The summed E-state index contributed by atoms with van der Waals surface area (Å²) in [4.78, 5) is 6.86. The van der Waals surface area contributed by atoms with Gasteiger partial charge < -0.3 is 10.0 Å². The highest BCUT2D eigenvalue weighted by molar-refractivity contribution is 5.78. The van der Waals surface area contributed by atoms with Crippen molar-refractivity contribution in [3.8, 4) is 0 Å². The molecule has 1 N–H and O–H groups in total. The molecule has 0 saturated carbocycles. The molecular weight excluding hydrogens is 236 g/mol. The van der Waals surface area contributed by atoms with Crippen LogP contribution in [-0.2, 0) is 6.42 Å². The molecule has 1 aliphatic heterocycles. The molecule has 3 rings (SSSR count). The SMILES string of the molecule is CC1CC(O)(Cc2ccc3ccccc3n2)CN1C. The number of likely N-dealkylation sites (N-methyl/N-ethyl adjacent to an activating group) is 1. The average molecular weight is 256 g/mol. The highest BCUT2D eigenvalue weighted by Crippen LogP contribution is 2.28. The van der Waals surface area contributed by atoms with Gasteiger partial charge in [0.25, 0.3) is 0 Å². The summed E-state index contributed by atoms with van der Waals surface area (Å²) in [6, 6.07) is 12.7. The van der Waals surface area contributed by atoms with Crippen molar-refractivity contribution < 1.29 is 5.11 Å². The van der Waals surface area contributed by atoms with E-state index in [0.29, 0.717) is 12.5 Å². The summed E-state index contributed by atoms with van der Waals surface area (Å²) < 4.78 is 0. The highest BCUT2D eigenvalue weighted by Gasteiger charge is 2.39. The number of nitrogens with zero attached hydrogens (tertiary/aromatic N) is 2. The maximum Gasteiger partial charge on any atom is 0.0844 e. The van der Waals surface area contributed by atoms with Gasteiger partial charge in [0.05, 0.1) is 11.1 Å². The van der Waals surface area contributed by atoms with Gasteiger partial charge in [0.2, 0.25) is 0 Å². The second kappa shape index (κ2) is 4.58. The van der Waals surface area contributed by atoms with Gasteiger partial charge in [-0.3, -0.25) is 4.98 Å². The van der Waals surface area contributed by atoms with E-state index in [1.807, 2.05) is 24.3 Å². The van der Waals surface area contributed by atoms with Crippen molar-refractivity contribution in [2.45, 2.75) is 31.4 Å². The zero-order valence-electron chi connectivity index (χ0n) is 11.5. The van der Waals surface area contributed by atoms with Crippen LogP contribution in [0.25, 0.3) is 10.9 Å². The molecule has 3 nitrogen and oxygen atoms in total. The van der Waals surface area contributed by atoms with Crippen LogP contribution < -0.4 is 0 Å². The minimum atomic E-state index is -0.635. The molecule has 2 unspecified atom stereocenters. The first-order valence-electron chi connectivity index (χ1n) is 6.83. The maximum absolute atomic E-state index is 10.7. The summed E-state index contributed by atoms with van der Waals surface area (Å²) >= 11 is 0. The largest absolute Gasteiger partial charge is 0.388 e. The molecule has 1 saturated heterocycles. The van der Waals surface area contributed by atoms with Crippen molar-refractivity contribution in [3.05, 3.63) is 42.1 Å². The third-order valence-corrected chi connectivity index (χ3v) is 4.14. The lowest BCUT2D eigenvalue weighted by Crippen LogP contribution is -2.34. The Morgan fingerprint density at radius 1 is 1.32 bits per heavy atom. The monoisotopic (exact) mass is 256 g/mol. The van der Waals surface area contributed by atoms with Crippen LogP contribution in [0.5, 0.6) is 0 Å². The van der Waals surface area contributed by atoms with E-state index in [9.17, 15) is 5.11 Å². The van der Waals surface area contributed by atoms with Gasteiger partial charge in [0.1, 0.15) is 0 Å². The Kier molecular flexibility index (Phi) is 3.03. The Morgan fingerprint density at radius 3 is 2.84 bits per heavy atom. The molecule has 1 aromatic carbocycles. The van der Waals surface area contributed by atoms with Gasteiger partial charge in [0.15, 0.2) is 0 Å². The van der Waals surface area contributed by atoms with Crippen LogP contribution in [0, 0.1) is 0 Å². The number of benzene rings is 1. The number of β-amino-alcohol motifs (C(OH)–C–C–N with tert-alkyl or cyclic N) is 1. The van der Waals surface area contributed by atoms with Crippen LogP contribution in [-0.4, -0.2) is 40.2 Å². The lowest BCUT2D eigenvalue weighted by atomic mass is 9.94. The van der Waals surface area contributed by atoms with Gasteiger partial charge >= 0.3 is 0 Å². The summed E-state index contributed by atoms with van der Waals surface area (Å²) in [5.41, 5.74) is 1.34. The summed E-state index contributed by atoms with van der Waals surface area (Å²) in [6.45, 7) is 2.88. The normalized spacial score (nSPS) is 28.1. The molecule has 2 atom stereocenters. The molecule has 19 heavy (non-hydrogen) atoms. The van der Waals surface area contributed by atoms with E-state index < -0.39 is 5.60 Å². The number of aromatic nitrogens is 1. The summed E-state index contributed by atoms with van der Waals surface area (Å²) in [6.07, 6.45) is 1.45. The minimum Gasteiger partial charge on any atom is -0.388 e. The first kappa shape index (κ1) is 12.6. The molecule has 0 amide bonds. The van der Waals surface area contributed by atoms with E-state index in [0.717, 1.165) is 29.6 Å². The Labute approximate surface area is 113 Å². The number of aliphatic hydroxyl groups is 1. The molecule has 0 aliphatic carbocycles. The molecule has 2 aromatic rings.